The van der Waals surface area contributed by atoms with E-state index in [2.05, 4.69) is 10.3 Å². The number of fused-ring (bicyclic) bond motifs is 1. The van der Waals surface area contributed by atoms with Crippen LogP contribution in [0.2, 0.25) is 0 Å². The number of carbonyl (C=O) groups excluding carboxylic acids is 2. The van der Waals surface area contributed by atoms with E-state index in [-0.39, 0.29) is 12.5 Å². The lowest BCUT2D eigenvalue weighted by Crippen LogP contribution is -2.33. The van der Waals surface area contributed by atoms with E-state index >= 15 is 0 Å². The molecule has 1 aromatic heterocycles. The van der Waals surface area contributed by atoms with Crippen molar-refractivity contribution in [2.24, 2.45) is 0 Å². The number of hydrogen-bond acceptors (Lipinski definition) is 6. The number of aromatic nitrogens is 1. The monoisotopic (exact) mass is 463 g/mol. The number of amides is 2. The highest BCUT2D eigenvalue weighted by molar-refractivity contribution is 6.08. The molecule has 0 unspecified atom stereocenters. The van der Waals surface area contributed by atoms with E-state index in [1.165, 1.54) is 18.2 Å². The van der Waals surface area contributed by atoms with Gasteiger partial charge in [0.15, 0.2) is 0 Å². The second-order valence-corrected chi connectivity index (χ2v) is 8.53. The van der Waals surface area contributed by atoms with Gasteiger partial charge in [0.2, 0.25) is 18.2 Å². The number of aliphatic hydroxyl groups is 1. The molecule has 0 spiro atoms. The third-order valence-electron chi connectivity index (χ3n) is 4.85. The average Bonchev–Trinajstić information content (AvgIpc) is 2.82. The molecule has 0 atom stereocenters. The molecule has 34 heavy (non-hydrogen) atoms. The van der Waals surface area contributed by atoms with Crippen LogP contribution in [-0.4, -0.2) is 41.7 Å². The Balaban J connectivity index is 2.00. The maximum atomic E-state index is 12.8. The summed E-state index contributed by atoms with van der Waals surface area (Å²) in [6.07, 6.45) is 5.55. The Bertz CT molecular complexity index is 1180. The van der Waals surface area contributed by atoms with E-state index in [9.17, 15) is 14.7 Å². The van der Waals surface area contributed by atoms with Crippen LogP contribution < -0.4 is 15.1 Å². The predicted octanol–water partition coefficient (Wildman–Crippen LogP) is 4.12. The summed E-state index contributed by atoms with van der Waals surface area (Å²) in [5, 5.41) is 15.3. The molecule has 0 saturated heterocycles. The molecule has 0 saturated carbocycles. The maximum absolute atomic E-state index is 12.8. The first-order chi connectivity index (χ1) is 16.3. The van der Waals surface area contributed by atoms with Crippen molar-refractivity contribution in [3.8, 4) is 5.88 Å². The molecule has 1 heterocycles. The van der Waals surface area contributed by atoms with Crippen LogP contribution in [0.5, 0.6) is 5.88 Å². The normalized spacial score (nSPS) is 11.6. The van der Waals surface area contributed by atoms with Crippen LogP contribution in [0, 0.1) is 0 Å². The van der Waals surface area contributed by atoms with Gasteiger partial charge in [-0.1, -0.05) is 24.3 Å². The predicted molar refractivity (Wildman–Crippen MR) is 133 cm³/mol. The molecular weight excluding hydrogens is 434 g/mol. The highest BCUT2D eigenvalue weighted by atomic mass is 16.7. The molecule has 0 aliphatic carbocycles. The van der Waals surface area contributed by atoms with Crippen molar-refractivity contribution >= 4 is 40.5 Å². The molecule has 8 heteroatoms. The number of rotatable bonds is 9. The van der Waals surface area contributed by atoms with Gasteiger partial charge < -0.3 is 15.2 Å². The largest absolute Gasteiger partial charge is 0.481 e. The summed E-state index contributed by atoms with van der Waals surface area (Å²) in [7, 11) is 1.53. The minimum absolute atomic E-state index is 0.102. The van der Waals surface area contributed by atoms with Crippen LogP contribution >= 0.6 is 0 Å². The second-order valence-electron chi connectivity index (χ2n) is 8.53. The van der Waals surface area contributed by atoms with Crippen LogP contribution in [0.3, 0.4) is 0 Å². The number of anilines is 2. The first kappa shape index (κ1) is 24.9. The fourth-order valence-corrected chi connectivity index (χ4v) is 3.47. The van der Waals surface area contributed by atoms with E-state index < -0.39 is 5.60 Å². The van der Waals surface area contributed by atoms with Crippen molar-refractivity contribution in [3.63, 3.8) is 0 Å². The van der Waals surface area contributed by atoms with Crippen LogP contribution in [0.15, 0.2) is 54.7 Å². The summed E-state index contributed by atoms with van der Waals surface area (Å²) in [6.45, 7) is 5.42. The van der Waals surface area contributed by atoms with Crippen molar-refractivity contribution in [2.45, 2.75) is 32.8 Å². The number of nitrogens with one attached hydrogen (secondary N) is 1. The molecule has 0 radical (unpaired) electrons. The smallest absolute Gasteiger partial charge is 0.248 e. The summed E-state index contributed by atoms with van der Waals surface area (Å²) in [5.74, 6) is 0.113. The topological polar surface area (TPSA) is 101 Å². The van der Waals surface area contributed by atoms with Gasteiger partial charge in [-0.15, -0.1) is 0 Å². The molecule has 3 rings (SSSR count). The first-order valence-corrected chi connectivity index (χ1v) is 10.8. The zero-order valence-electron chi connectivity index (χ0n) is 19.7. The number of hydroxylamine groups is 1. The standard InChI is InChI=1S/C26H29N3O5/c1-26(2,3)34-29(17-31)23-15-22(20(13-14-30)19-7-5-6-8-21(19)23)28-24(32)11-9-18-10-12-25(33-4)27-16-18/h5-12,15-17,30H,13-14H2,1-4H3,(H,28,32)/b11-9+. The minimum Gasteiger partial charge on any atom is -0.481 e. The molecule has 2 N–H and O–H groups in total. The Labute approximate surface area is 198 Å². The molecular formula is C26H29N3O5. The lowest BCUT2D eigenvalue weighted by molar-refractivity contribution is -0.120. The average molecular weight is 464 g/mol. The van der Waals surface area contributed by atoms with E-state index in [1.54, 1.807) is 30.5 Å². The van der Waals surface area contributed by atoms with Gasteiger partial charge in [-0.2, -0.15) is 5.06 Å². The van der Waals surface area contributed by atoms with E-state index in [0.717, 1.165) is 21.9 Å². The number of hydrogen-bond donors (Lipinski definition) is 2. The molecule has 0 aliphatic rings. The Morgan fingerprint density at radius 2 is 1.91 bits per heavy atom. The Morgan fingerprint density at radius 1 is 1.18 bits per heavy atom. The third-order valence-corrected chi connectivity index (χ3v) is 4.85. The zero-order valence-corrected chi connectivity index (χ0v) is 19.7. The zero-order chi connectivity index (χ0) is 24.7. The van der Waals surface area contributed by atoms with Gasteiger partial charge >= 0.3 is 0 Å². The summed E-state index contributed by atoms with van der Waals surface area (Å²) >= 11 is 0. The maximum Gasteiger partial charge on any atom is 0.248 e. The molecule has 0 fully saturated rings. The molecule has 2 amide bonds. The van der Waals surface area contributed by atoms with Gasteiger partial charge in [0.25, 0.3) is 0 Å². The fourth-order valence-electron chi connectivity index (χ4n) is 3.47. The number of methoxy groups -OCH3 is 1. The van der Waals surface area contributed by atoms with Gasteiger partial charge in [-0.3, -0.25) is 14.4 Å². The minimum atomic E-state index is -0.621. The van der Waals surface area contributed by atoms with Crippen LogP contribution in [0.4, 0.5) is 11.4 Å². The molecule has 178 valence electrons. The Kier molecular flexibility index (Phi) is 7.99. The van der Waals surface area contributed by atoms with E-state index in [0.29, 0.717) is 30.1 Å². The van der Waals surface area contributed by atoms with Crippen LogP contribution in [-0.2, 0) is 20.8 Å². The number of carbonyl (C=O) groups is 2. The first-order valence-electron chi connectivity index (χ1n) is 10.8. The van der Waals surface area contributed by atoms with Crippen molar-refractivity contribution in [3.05, 3.63) is 65.9 Å². The molecule has 8 nitrogen and oxygen atoms in total. The quantitative estimate of drug-likeness (QED) is 0.281. The number of benzene rings is 2. The lowest BCUT2D eigenvalue weighted by Gasteiger charge is -2.28. The van der Waals surface area contributed by atoms with Gasteiger partial charge in [-0.25, -0.2) is 4.98 Å². The summed E-state index contributed by atoms with van der Waals surface area (Å²) in [6, 6.07) is 12.7. The number of pyridine rings is 1. The van der Waals surface area contributed by atoms with Gasteiger partial charge in [0.1, 0.15) is 0 Å². The Morgan fingerprint density at radius 3 is 2.50 bits per heavy atom. The second kappa shape index (κ2) is 10.9. The molecule has 3 aromatic rings. The number of ether oxygens (including phenoxy) is 1. The van der Waals surface area contributed by atoms with Crippen molar-refractivity contribution in [2.75, 3.05) is 24.1 Å². The molecule has 0 bridgehead atoms. The fraction of sp³-hybridized carbons (Fsp3) is 0.269. The van der Waals surface area contributed by atoms with Crippen molar-refractivity contribution < 1.29 is 24.3 Å². The summed E-state index contributed by atoms with van der Waals surface area (Å²) in [5.41, 5.74) is 1.84. The highest BCUT2D eigenvalue weighted by Gasteiger charge is 2.22. The Hall–Kier alpha value is -3.75. The van der Waals surface area contributed by atoms with Crippen molar-refractivity contribution in [1.82, 2.24) is 4.98 Å². The summed E-state index contributed by atoms with van der Waals surface area (Å²) < 4.78 is 5.04. The van der Waals surface area contributed by atoms with E-state index in [1.807, 2.05) is 45.0 Å². The van der Waals surface area contributed by atoms with Crippen LogP contribution in [0.1, 0.15) is 31.9 Å². The molecule has 2 aromatic carbocycles. The highest BCUT2D eigenvalue weighted by Crippen LogP contribution is 2.36. The SMILES string of the molecule is COc1ccc(/C=C/C(=O)Nc2cc(N(C=O)OC(C)(C)C)c3ccccc3c2CCO)cn1. The molecule has 0 aliphatic heterocycles. The van der Waals surface area contributed by atoms with E-state index in [4.69, 9.17) is 9.57 Å². The van der Waals surface area contributed by atoms with Gasteiger partial charge in [0, 0.05) is 36.0 Å². The summed E-state index contributed by atoms with van der Waals surface area (Å²) in [4.78, 5) is 34.6. The van der Waals surface area contributed by atoms with Gasteiger partial charge in [0.05, 0.1) is 18.4 Å². The number of aliphatic hydroxyl groups excluding tert-OH is 1. The van der Waals surface area contributed by atoms with Crippen LogP contribution in [0.25, 0.3) is 16.8 Å². The number of nitrogens with zero attached hydrogens (tertiary/aromatic N) is 2. The van der Waals surface area contributed by atoms with Gasteiger partial charge in [-0.05, 0) is 61.9 Å². The van der Waals surface area contributed by atoms with Crippen molar-refractivity contribution in [1.29, 1.82) is 0 Å². The third kappa shape index (κ3) is 6.18. The lowest BCUT2D eigenvalue weighted by atomic mass is 9.98.